The predicted molar refractivity (Wildman–Crippen MR) is 90.8 cm³/mol. The Balaban J connectivity index is 1.90. The molecule has 0 aliphatic carbocycles. The molecule has 2 heterocycles. The molecule has 3 aromatic carbocycles. The van der Waals surface area contributed by atoms with Crippen LogP contribution in [0.15, 0.2) is 63.4 Å². The van der Waals surface area contributed by atoms with Crippen LogP contribution in [0.25, 0.3) is 43.9 Å². The van der Waals surface area contributed by atoms with Gasteiger partial charge in [0.2, 0.25) is 0 Å². The van der Waals surface area contributed by atoms with Gasteiger partial charge in [-0.25, -0.2) is 0 Å². The molecule has 0 radical (unpaired) electrons. The van der Waals surface area contributed by atoms with Crippen molar-refractivity contribution in [3.05, 3.63) is 54.6 Å². The van der Waals surface area contributed by atoms with Crippen LogP contribution in [0.1, 0.15) is 0 Å². The summed E-state index contributed by atoms with van der Waals surface area (Å²) in [5.74, 6) is 0. The van der Waals surface area contributed by atoms with Crippen molar-refractivity contribution in [3.63, 3.8) is 0 Å². The summed E-state index contributed by atoms with van der Waals surface area (Å²) in [5.41, 5.74) is 3.38. The number of benzene rings is 3. The monoisotopic (exact) mass is 302 g/mol. The van der Waals surface area contributed by atoms with Crippen LogP contribution >= 0.6 is 0 Å². The van der Waals surface area contributed by atoms with E-state index in [1.54, 1.807) is 12.1 Å². The van der Waals surface area contributed by atoms with Gasteiger partial charge in [0, 0.05) is 27.6 Å². The molecule has 2 aromatic heterocycles. The van der Waals surface area contributed by atoms with Gasteiger partial charge < -0.3 is 18.9 Å². The molecule has 110 valence electrons. The molecule has 23 heavy (non-hydrogen) atoms. The molecule has 5 aromatic rings. The molecule has 0 aliphatic rings. The van der Waals surface area contributed by atoms with Crippen LogP contribution in [0.5, 0.6) is 0 Å². The zero-order valence-corrected chi connectivity index (χ0v) is 12.0. The van der Waals surface area contributed by atoms with Gasteiger partial charge in [-0.3, -0.25) is 0 Å². The van der Waals surface area contributed by atoms with Gasteiger partial charge in [-0.05, 0) is 23.7 Å². The smallest absolute Gasteiger partial charge is 0.456 e. The minimum absolute atomic E-state index is 0.408. The number of fused-ring (bicyclic) bond motifs is 6. The van der Waals surface area contributed by atoms with E-state index in [9.17, 15) is 10.0 Å². The summed E-state index contributed by atoms with van der Waals surface area (Å²) in [6, 6.07) is 17.1. The molecule has 0 atom stereocenters. The lowest BCUT2D eigenvalue weighted by Gasteiger charge is -1.97. The fraction of sp³-hybridized carbons (Fsp3) is 0. The van der Waals surface area contributed by atoms with Crippen LogP contribution in [-0.4, -0.2) is 17.2 Å². The van der Waals surface area contributed by atoms with Gasteiger partial charge in [0.15, 0.2) is 0 Å². The molecule has 0 amide bonds. The van der Waals surface area contributed by atoms with E-state index in [4.69, 9.17) is 8.83 Å². The van der Waals surface area contributed by atoms with Crippen LogP contribution < -0.4 is 5.46 Å². The highest BCUT2D eigenvalue weighted by Gasteiger charge is 2.16. The Bertz CT molecular complexity index is 1200. The average Bonchev–Trinajstić information content (AvgIpc) is 3.09. The van der Waals surface area contributed by atoms with E-state index < -0.39 is 7.12 Å². The molecule has 5 rings (SSSR count). The molecular weight excluding hydrogens is 291 g/mol. The Kier molecular flexibility index (Phi) is 2.43. The lowest BCUT2D eigenvalue weighted by molar-refractivity contribution is 0.425. The van der Waals surface area contributed by atoms with Crippen molar-refractivity contribution >= 4 is 56.5 Å². The molecule has 2 N–H and O–H groups in total. The number of furan rings is 2. The molecule has 4 nitrogen and oxygen atoms in total. The molecule has 0 bridgehead atoms. The molecule has 0 saturated carbocycles. The maximum atomic E-state index is 9.30. The van der Waals surface area contributed by atoms with Gasteiger partial charge in [-0.15, -0.1) is 0 Å². The van der Waals surface area contributed by atoms with E-state index in [-0.39, 0.29) is 0 Å². The van der Waals surface area contributed by atoms with Crippen molar-refractivity contribution < 1.29 is 18.9 Å². The molecular formula is C18H11BO4. The first-order valence-corrected chi connectivity index (χ1v) is 7.34. The Hall–Kier alpha value is -2.76. The van der Waals surface area contributed by atoms with E-state index >= 15 is 0 Å². The first-order chi connectivity index (χ1) is 11.2. The van der Waals surface area contributed by atoms with E-state index in [0.717, 1.165) is 38.3 Å². The standard InChI is InChI=1S/C18H11BO4/c20-19(21)10-5-6-12-14-8-13-11-3-1-2-4-15(11)22-17(13)9-18(14)23-16(12)7-10/h1-9,20-21H. The van der Waals surface area contributed by atoms with E-state index in [1.807, 2.05) is 36.4 Å². The van der Waals surface area contributed by atoms with Crippen molar-refractivity contribution in [2.45, 2.75) is 0 Å². The highest BCUT2D eigenvalue weighted by molar-refractivity contribution is 6.58. The van der Waals surface area contributed by atoms with Crippen LogP contribution in [0.4, 0.5) is 0 Å². The SMILES string of the molecule is OB(O)c1ccc2c(c1)oc1cc3oc4ccccc4c3cc12. The molecule has 0 unspecified atom stereocenters. The molecule has 0 fully saturated rings. The van der Waals surface area contributed by atoms with Crippen LogP contribution in [0.2, 0.25) is 0 Å². The normalized spacial score (nSPS) is 11.9. The summed E-state index contributed by atoms with van der Waals surface area (Å²) in [4.78, 5) is 0. The minimum Gasteiger partial charge on any atom is -0.456 e. The first kappa shape index (κ1) is 12.8. The fourth-order valence-electron chi connectivity index (χ4n) is 3.17. The third-order valence-electron chi connectivity index (χ3n) is 4.29. The number of hydrogen-bond acceptors (Lipinski definition) is 4. The number of rotatable bonds is 1. The number of para-hydroxylation sites is 1. The Morgan fingerprint density at radius 3 is 2.04 bits per heavy atom. The summed E-state index contributed by atoms with van der Waals surface area (Å²) in [6.07, 6.45) is 0. The molecule has 0 spiro atoms. The van der Waals surface area contributed by atoms with Crippen molar-refractivity contribution in [2.24, 2.45) is 0 Å². The Morgan fingerprint density at radius 2 is 1.26 bits per heavy atom. The van der Waals surface area contributed by atoms with Crippen LogP contribution in [-0.2, 0) is 0 Å². The van der Waals surface area contributed by atoms with E-state index in [0.29, 0.717) is 11.0 Å². The zero-order chi connectivity index (χ0) is 15.6. The highest BCUT2D eigenvalue weighted by atomic mass is 16.4. The van der Waals surface area contributed by atoms with Gasteiger partial charge >= 0.3 is 7.12 Å². The van der Waals surface area contributed by atoms with E-state index in [2.05, 4.69) is 6.07 Å². The average molecular weight is 302 g/mol. The Labute approximate surface area is 130 Å². The molecule has 5 heteroatoms. The van der Waals surface area contributed by atoms with Crippen LogP contribution in [0, 0.1) is 0 Å². The van der Waals surface area contributed by atoms with Gasteiger partial charge in [0.1, 0.15) is 22.3 Å². The summed E-state index contributed by atoms with van der Waals surface area (Å²) in [5, 5.41) is 22.6. The minimum atomic E-state index is -1.51. The van der Waals surface area contributed by atoms with Gasteiger partial charge in [0.05, 0.1) is 0 Å². The van der Waals surface area contributed by atoms with Crippen molar-refractivity contribution in [3.8, 4) is 0 Å². The largest absolute Gasteiger partial charge is 0.488 e. The second kappa shape index (κ2) is 4.38. The number of hydrogen-bond donors (Lipinski definition) is 2. The fourth-order valence-corrected chi connectivity index (χ4v) is 3.17. The summed E-state index contributed by atoms with van der Waals surface area (Å²) < 4.78 is 11.7. The summed E-state index contributed by atoms with van der Waals surface area (Å²) in [6.45, 7) is 0. The van der Waals surface area contributed by atoms with Gasteiger partial charge in [0.25, 0.3) is 0 Å². The van der Waals surface area contributed by atoms with Gasteiger partial charge in [-0.2, -0.15) is 0 Å². The van der Waals surface area contributed by atoms with Crippen molar-refractivity contribution in [1.82, 2.24) is 0 Å². The Morgan fingerprint density at radius 1 is 0.609 bits per heavy atom. The maximum Gasteiger partial charge on any atom is 0.488 e. The van der Waals surface area contributed by atoms with Crippen molar-refractivity contribution in [2.75, 3.05) is 0 Å². The van der Waals surface area contributed by atoms with E-state index in [1.165, 1.54) is 0 Å². The second-order valence-corrected chi connectivity index (χ2v) is 5.67. The molecule has 0 saturated heterocycles. The van der Waals surface area contributed by atoms with Crippen LogP contribution in [0.3, 0.4) is 0 Å². The predicted octanol–water partition coefficient (Wildman–Crippen LogP) is 3.17. The zero-order valence-electron chi connectivity index (χ0n) is 12.0. The third kappa shape index (κ3) is 1.75. The summed E-state index contributed by atoms with van der Waals surface area (Å²) >= 11 is 0. The van der Waals surface area contributed by atoms with Gasteiger partial charge in [-0.1, -0.05) is 30.3 Å². The lowest BCUT2D eigenvalue weighted by atomic mass is 9.80. The summed E-state index contributed by atoms with van der Waals surface area (Å²) in [7, 11) is -1.51. The topological polar surface area (TPSA) is 66.7 Å². The second-order valence-electron chi connectivity index (χ2n) is 5.67. The first-order valence-electron chi connectivity index (χ1n) is 7.34. The lowest BCUT2D eigenvalue weighted by Crippen LogP contribution is -2.29. The maximum absolute atomic E-state index is 9.30. The quantitative estimate of drug-likeness (QED) is 0.467. The van der Waals surface area contributed by atoms with Crippen molar-refractivity contribution in [1.29, 1.82) is 0 Å². The third-order valence-corrected chi connectivity index (χ3v) is 4.29. The molecule has 0 aliphatic heterocycles. The highest BCUT2D eigenvalue weighted by Crippen LogP contribution is 2.36.